The Morgan fingerprint density at radius 3 is 2.19 bits per heavy atom. The number of carbonyl (C=O) groups is 4. The number of sulfonamides is 1. The molecular weight excluding hydrogens is 739 g/mol. The van der Waals surface area contributed by atoms with E-state index in [1.165, 1.54) is 18.1 Å². The first-order valence-electron chi connectivity index (χ1n) is 16.1. The number of halogens is 3. The minimum absolute atomic E-state index is 0.121. The van der Waals surface area contributed by atoms with Crippen LogP contribution < -0.4 is 0 Å². The first-order chi connectivity index (χ1) is 24.2. The van der Waals surface area contributed by atoms with Gasteiger partial charge in [0.15, 0.2) is 17.5 Å². The van der Waals surface area contributed by atoms with Gasteiger partial charge in [0.05, 0.1) is 43.0 Å². The van der Waals surface area contributed by atoms with E-state index in [1.54, 1.807) is 6.92 Å². The number of piperidine rings is 1. The summed E-state index contributed by atoms with van der Waals surface area (Å²) in [5, 5.41) is 38.7. The quantitative estimate of drug-likeness (QED) is 0.184. The number of nitrogens with zero attached hydrogens (tertiary/aromatic N) is 5. The highest BCUT2D eigenvalue weighted by Crippen LogP contribution is 2.49. The van der Waals surface area contributed by atoms with E-state index in [9.17, 15) is 56.1 Å². The molecule has 1 unspecified atom stereocenters. The van der Waals surface area contributed by atoms with E-state index in [-0.39, 0.29) is 43.7 Å². The molecule has 2 saturated heterocycles. The molecule has 4 rings (SSSR count). The van der Waals surface area contributed by atoms with Crippen molar-refractivity contribution >= 4 is 45.6 Å². The van der Waals surface area contributed by atoms with Crippen LogP contribution in [-0.2, 0) is 38.7 Å². The Morgan fingerprint density at radius 2 is 1.67 bits per heavy atom. The Balaban J connectivity index is 1.85. The van der Waals surface area contributed by atoms with Gasteiger partial charge in [-0.2, -0.15) is 0 Å². The maximum Gasteiger partial charge on any atom is 0.303 e. The van der Waals surface area contributed by atoms with Crippen LogP contribution in [0.3, 0.4) is 0 Å². The van der Waals surface area contributed by atoms with Crippen LogP contribution in [0.25, 0.3) is 11.3 Å². The van der Waals surface area contributed by atoms with Crippen LogP contribution in [0.2, 0.25) is 0 Å². The molecule has 52 heavy (non-hydrogen) atoms. The van der Waals surface area contributed by atoms with Crippen molar-refractivity contribution in [2.24, 2.45) is 11.8 Å². The topological polar surface area (TPSA) is 219 Å². The van der Waals surface area contributed by atoms with Crippen LogP contribution >= 0.6 is 11.8 Å². The maximum atomic E-state index is 14.1. The Labute approximate surface area is 301 Å². The number of carboxylic acid groups (broad SMARTS) is 2. The third kappa shape index (κ3) is 9.41. The average Bonchev–Trinajstić information content (AvgIpc) is 3.54. The van der Waals surface area contributed by atoms with Gasteiger partial charge in [0.2, 0.25) is 15.9 Å². The molecular formula is C31H40F3N5O11S2. The molecule has 288 valence electrons. The van der Waals surface area contributed by atoms with Gasteiger partial charge in [-0.25, -0.2) is 30.6 Å². The lowest BCUT2D eigenvalue weighted by Crippen LogP contribution is -2.58. The zero-order chi connectivity index (χ0) is 38.7. The van der Waals surface area contributed by atoms with Gasteiger partial charge in [0.1, 0.15) is 23.0 Å². The Hall–Kier alpha value is -3.79. The molecule has 2 aliphatic heterocycles. The molecule has 0 saturated carbocycles. The highest BCUT2D eigenvalue weighted by Gasteiger charge is 2.54. The fourth-order valence-electron chi connectivity index (χ4n) is 6.46. The van der Waals surface area contributed by atoms with Gasteiger partial charge in [-0.05, 0) is 31.9 Å². The third-order valence-electron chi connectivity index (χ3n) is 9.27. The van der Waals surface area contributed by atoms with E-state index in [2.05, 4.69) is 10.3 Å². The number of thioether (sulfide) groups is 1. The minimum atomic E-state index is -3.63. The average molecular weight is 780 g/mol. The lowest BCUT2D eigenvalue weighted by molar-refractivity contribution is -0.167. The molecule has 0 spiro atoms. The van der Waals surface area contributed by atoms with Crippen LogP contribution in [0, 0.1) is 29.3 Å². The van der Waals surface area contributed by atoms with Crippen molar-refractivity contribution < 1.29 is 65.6 Å². The zero-order valence-electron chi connectivity index (χ0n) is 28.6. The van der Waals surface area contributed by atoms with Crippen molar-refractivity contribution in [2.75, 3.05) is 39.5 Å². The molecule has 1 aromatic carbocycles. The summed E-state index contributed by atoms with van der Waals surface area (Å²) >= 11 is 0.763. The van der Waals surface area contributed by atoms with E-state index in [0.717, 1.165) is 33.9 Å². The molecule has 3 N–H and O–H groups in total. The summed E-state index contributed by atoms with van der Waals surface area (Å²) in [4.78, 5) is 51.8. The predicted molar refractivity (Wildman–Crippen MR) is 176 cm³/mol. The van der Waals surface area contributed by atoms with E-state index in [0.29, 0.717) is 12.1 Å². The minimum Gasteiger partial charge on any atom is -0.481 e. The molecule has 21 heteroatoms. The normalized spacial score (nSPS) is 24.2. The van der Waals surface area contributed by atoms with E-state index >= 15 is 0 Å². The van der Waals surface area contributed by atoms with Crippen molar-refractivity contribution in [3.63, 3.8) is 0 Å². The number of rotatable bonds is 14. The molecule has 0 radical (unpaired) electrons. The van der Waals surface area contributed by atoms with Gasteiger partial charge in [0.25, 0.3) is 0 Å². The first kappa shape index (κ1) is 41.0. The molecule has 2 aromatic rings. The van der Waals surface area contributed by atoms with Crippen LogP contribution in [0.5, 0.6) is 0 Å². The lowest BCUT2D eigenvalue weighted by atomic mass is 9.79. The summed E-state index contributed by atoms with van der Waals surface area (Å²) in [6.07, 6.45) is -0.807. The molecule has 2 aliphatic rings. The maximum absolute atomic E-state index is 14.1. The Kier molecular flexibility index (Phi) is 13.0. The van der Waals surface area contributed by atoms with E-state index < -0.39 is 111 Å². The van der Waals surface area contributed by atoms with Crippen molar-refractivity contribution in [2.45, 2.75) is 68.0 Å². The Bertz CT molecular complexity index is 1750. The van der Waals surface area contributed by atoms with Crippen molar-refractivity contribution in [1.29, 1.82) is 0 Å². The smallest absolute Gasteiger partial charge is 0.303 e. The fourth-order valence-corrected chi connectivity index (χ4v) is 9.03. The van der Waals surface area contributed by atoms with Gasteiger partial charge >= 0.3 is 17.9 Å². The SMILES string of the molecule is CCN(C)C(=O)C(S[C@@H]1O[C@@H](COC(C)=O)[C@H](CC(=O)O)[C@H](n2cc(-c3cc(F)c(F)c(F)c3)nn2)[C@H]1CC(=O)O)C1(O)CCN(S(C)(=O)=O)CC1. The van der Waals surface area contributed by atoms with E-state index in [1.807, 2.05) is 0 Å². The summed E-state index contributed by atoms with van der Waals surface area (Å²) < 4.78 is 80.2. The highest BCUT2D eigenvalue weighted by molar-refractivity contribution is 8.01. The standard InChI is InChI=1S/C31H40F3N5O11S2/c1-5-37(3)29(45)28(31(46)6-8-38(9-7-31)52(4,47)48)51-30-19(13-25(43)44)27(18(12-24(41)42)23(50-30)15-49-16(2)40)39-14-22(35-36-39)17-10-20(32)26(34)21(33)11-17/h10-11,14,18-19,23,27-28,30,46H,5-9,12-13,15H2,1-4H3,(H,41,42)(H,43,44)/t18-,19+,23-,27-,28?,30-/m0/s1. The summed E-state index contributed by atoms with van der Waals surface area (Å²) in [6, 6.07) is 0.0775. The van der Waals surface area contributed by atoms with Crippen molar-refractivity contribution in [3.05, 3.63) is 35.8 Å². The van der Waals surface area contributed by atoms with Gasteiger partial charge in [-0.3, -0.25) is 19.2 Å². The lowest BCUT2D eigenvalue weighted by Gasteiger charge is -2.48. The molecule has 0 aliphatic carbocycles. The highest BCUT2D eigenvalue weighted by atomic mass is 32.2. The largest absolute Gasteiger partial charge is 0.481 e. The van der Waals surface area contributed by atoms with Crippen LogP contribution in [0.1, 0.15) is 45.6 Å². The zero-order valence-corrected chi connectivity index (χ0v) is 30.3. The number of carbonyl (C=O) groups excluding carboxylic acids is 2. The van der Waals surface area contributed by atoms with Crippen molar-refractivity contribution in [1.82, 2.24) is 24.2 Å². The summed E-state index contributed by atoms with van der Waals surface area (Å²) in [6.45, 7) is 2.23. The number of ether oxygens (including phenoxy) is 2. The van der Waals surface area contributed by atoms with Crippen LogP contribution in [0.4, 0.5) is 13.2 Å². The van der Waals surface area contributed by atoms with Gasteiger partial charge in [-0.1, -0.05) is 5.21 Å². The monoisotopic (exact) mass is 779 g/mol. The third-order valence-corrected chi connectivity index (χ3v) is 12.2. The number of carboxylic acids is 2. The van der Waals surface area contributed by atoms with Gasteiger partial charge in [0, 0.05) is 51.0 Å². The van der Waals surface area contributed by atoms with Gasteiger partial charge in [-0.15, -0.1) is 16.9 Å². The van der Waals surface area contributed by atoms with E-state index in [4.69, 9.17) is 9.47 Å². The van der Waals surface area contributed by atoms with Crippen molar-refractivity contribution in [3.8, 4) is 11.3 Å². The number of benzene rings is 1. The van der Waals surface area contributed by atoms with Crippen LogP contribution in [0.15, 0.2) is 18.3 Å². The number of esters is 1. The molecule has 1 amide bonds. The predicted octanol–water partition coefficient (Wildman–Crippen LogP) is 1.74. The Morgan fingerprint density at radius 1 is 1.10 bits per heavy atom. The van der Waals surface area contributed by atoms with Crippen LogP contribution in [-0.4, -0.2) is 134 Å². The number of hydrogen-bond donors (Lipinski definition) is 3. The molecule has 2 fully saturated rings. The van der Waals surface area contributed by atoms with Gasteiger partial charge < -0.3 is 29.7 Å². The fraction of sp³-hybridized carbons (Fsp3) is 0.613. The number of aromatic nitrogens is 3. The summed E-state index contributed by atoms with van der Waals surface area (Å²) in [5.41, 5.74) is -3.58. The number of aliphatic hydroxyl groups is 1. The second-order valence-electron chi connectivity index (χ2n) is 12.8. The summed E-state index contributed by atoms with van der Waals surface area (Å²) in [5.74, 6) is -11.2. The number of hydrogen-bond acceptors (Lipinski definition) is 12. The number of amides is 1. The molecule has 3 heterocycles. The second-order valence-corrected chi connectivity index (χ2v) is 16.0. The number of aliphatic carboxylic acids is 2. The molecule has 16 nitrogen and oxygen atoms in total. The second kappa shape index (κ2) is 16.5. The molecule has 1 aromatic heterocycles. The first-order valence-corrected chi connectivity index (χ1v) is 18.9. The summed E-state index contributed by atoms with van der Waals surface area (Å²) in [7, 11) is -2.15. The molecule has 0 bridgehead atoms. The molecule has 6 atom stereocenters.